The number of halogens is 1. The Morgan fingerprint density at radius 2 is 1.29 bits per heavy atom. The second-order valence-corrected chi connectivity index (χ2v) is 6.89. The van der Waals surface area contributed by atoms with Gasteiger partial charge in [0.25, 0.3) is 0 Å². The van der Waals surface area contributed by atoms with Gasteiger partial charge in [-0.25, -0.2) is 0 Å². The molecule has 1 heterocycles. The third-order valence-corrected chi connectivity index (χ3v) is 3.09. The summed E-state index contributed by atoms with van der Waals surface area (Å²) in [4.78, 5) is 12.2. The van der Waals surface area contributed by atoms with Crippen molar-refractivity contribution in [3.8, 4) is 0 Å². The predicted molar refractivity (Wildman–Crippen MR) is 77.5 cm³/mol. The molecule has 0 amide bonds. The van der Waals surface area contributed by atoms with Crippen LogP contribution in [0.5, 0.6) is 0 Å². The number of rotatable bonds is 6. The Hall–Kier alpha value is -0.400. The average Bonchev–Trinajstić information content (AvgIpc) is 2.23. The second kappa shape index (κ2) is 7.13. The van der Waals surface area contributed by atoms with Gasteiger partial charge in [-0.15, -0.1) is 0 Å². The molecule has 2 N–H and O–H groups in total. The molecule has 0 saturated heterocycles. The van der Waals surface area contributed by atoms with Crippen LogP contribution >= 0.6 is 35.5 Å². The predicted octanol–water partition coefficient (Wildman–Crippen LogP) is 3.46. The fourth-order valence-electron chi connectivity index (χ4n) is 0.782. The summed E-state index contributed by atoms with van der Waals surface area (Å²) >= 11 is 8.88. The molecule has 0 radical (unpaired) electrons. The Balaban J connectivity index is 2.65. The van der Waals surface area contributed by atoms with E-state index < -0.39 is 0 Å². The van der Waals surface area contributed by atoms with Crippen LogP contribution in [0.4, 0.5) is 11.9 Å². The van der Waals surface area contributed by atoms with Gasteiger partial charge >= 0.3 is 0 Å². The van der Waals surface area contributed by atoms with E-state index in [1.165, 1.54) is 23.9 Å². The SMILES string of the molecule is CC(C)SNc1nc(Cl)nc(NSC(C)C)n1. The Morgan fingerprint density at radius 3 is 1.65 bits per heavy atom. The minimum atomic E-state index is 0.179. The van der Waals surface area contributed by atoms with Gasteiger partial charge < -0.3 is 0 Å². The largest absolute Gasteiger partial charge is 0.298 e. The first kappa shape index (κ1) is 14.7. The molecule has 0 unspecified atom stereocenters. The van der Waals surface area contributed by atoms with Crippen molar-refractivity contribution in [2.45, 2.75) is 38.2 Å². The van der Waals surface area contributed by atoms with Crippen molar-refractivity contribution in [2.24, 2.45) is 0 Å². The zero-order chi connectivity index (χ0) is 12.8. The molecular weight excluding hydrogens is 278 g/mol. The van der Waals surface area contributed by atoms with Crippen LogP contribution in [0.2, 0.25) is 5.28 Å². The quantitative estimate of drug-likeness (QED) is 0.779. The Bertz CT molecular complexity index is 331. The minimum Gasteiger partial charge on any atom is -0.298 e. The van der Waals surface area contributed by atoms with Crippen molar-refractivity contribution in [2.75, 3.05) is 9.44 Å². The van der Waals surface area contributed by atoms with Gasteiger partial charge in [0.2, 0.25) is 17.2 Å². The monoisotopic (exact) mass is 293 g/mol. The first-order valence-electron chi connectivity index (χ1n) is 5.22. The van der Waals surface area contributed by atoms with Crippen LogP contribution in [0.15, 0.2) is 0 Å². The maximum absolute atomic E-state index is 5.82. The zero-order valence-corrected chi connectivity index (χ0v) is 12.6. The smallest absolute Gasteiger partial charge is 0.239 e. The highest BCUT2D eigenvalue weighted by Gasteiger charge is 2.06. The summed E-state index contributed by atoms with van der Waals surface area (Å²) in [7, 11) is 0. The fraction of sp³-hybridized carbons (Fsp3) is 0.667. The lowest BCUT2D eigenvalue weighted by atomic mass is 10.6. The molecule has 0 aliphatic heterocycles. The van der Waals surface area contributed by atoms with E-state index in [0.29, 0.717) is 22.4 Å². The number of aromatic nitrogens is 3. The number of hydrogen-bond acceptors (Lipinski definition) is 7. The maximum atomic E-state index is 5.82. The van der Waals surface area contributed by atoms with Crippen molar-refractivity contribution in [1.82, 2.24) is 15.0 Å². The molecular formula is C9H16ClN5S2. The number of nitrogens with one attached hydrogen (secondary N) is 2. The lowest BCUT2D eigenvalue weighted by Gasteiger charge is -2.09. The molecule has 0 aliphatic rings. The van der Waals surface area contributed by atoms with Crippen molar-refractivity contribution >= 4 is 47.4 Å². The summed E-state index contributed by atoms with van der Waals surface area (Å²) in [5.74, 6) is 0.936. The minimum absolute atomic E-state index is 0.179. The van der Waals surface area contributed by atoms with E-state index in [1.807, 2.05) is 0 Å². The summed E-state index contributed by atoms with van der Waals surface area (Å²) in [6.45, 7) is 8.31. The van der Waals surface area contributed by atoms with Gasteiger partial charge in [-0.2, -0.15) is 15.0 Å². The van der Waals surface area contributed by atoms with Crippen LogP contribution in [0, 0.1) is 0 Å². The Labute approximate surface area is 115 Å². The van der Waals surface area contributed by atoms with E-state index in [9.17, 15) is 0 Å². The molecule has 1 aromatic heterocycles. The van der Waals surface area contributed by atoms with Crippen LogP contribution in [-0.2, 0) is 0 Å². The van der Waals surface area contributed by atoms with Gasteiger partial charge in [-0.3, -0.25) is 9.44 Å². The summed E-state index contributed by atoms with van der Waals surface area (Å²) in [6, 6.07) is 0. The molecule has 0 saturated carbocycles. The van der Waals surface area contributed by atoms with Gasteiger partial charge in [0, 0.05) is 10.5 Å². The Morgan fingerprint density at radius 1 is 0.882 bits per heavy atom. The third kappa shape index (κ3) is 6.18. The summed E-state index contributed by atoms with van der Waals surface area (Å²) in [5.41, 5.74) is 0. The van der Waals surface area contributed by atoms with Gasteiger partial charge in [0.1, 0.15) is 0 Å². The van der Waals surface area contributed by atoms with Crippen molar-refractivity contribution in [3.05, 3.63) is 5.28 Å². The van der Waals surface area contributed by atoms with E-state index in [4.69, 9.17) is 11.6 Å². The van der Waals surface area contributed by atoms with Crippen molar-refractivity contribution in [3.63, 3.8) is 0 Å². The third-order valence-electron chi connectivity index (χ3n) is 1.38. The highest BCUT2D eigenvalue weighted by molar-refractivity contribution is 8.01. The molecule has 0 bridgehead atoms. The van der Waals surface area contributed by atoms with Crippen molar-refractivity contribution in [1.29, 1.82) is 0 Å². The highest BCUT2D eigenvalue weighted by atomic mass is 35.5. The normalized spacial score (nSPS) is 11.0. The van der Waals surface area contributed by atoms with Crippen LogP contribution < -0.4 is 9.44 Å². The van der Waals surface area contributed by atoms with E-state index in [0.717, 1.165) is 0 Å². The topological polar surface area (TPSA) is 62.7 Å². The number of anilines is 2. The van der Waals surface area contributed by atoms with E-state index in [1.54, 1.807) is 0 Å². The molecule has 0 spiro atoms. The molecule has 96 valence electrons. The van der Waals surface area contributed by atoms with Gasteiger partial charge in [0.05, 0.1) is 0 Å². The van der Waals surface area contributed by atoms with Crippen LogP contribution in [0.1, 0.15) is 27.7 Å². The summed E-state index contributed by atoms with van der Waals surface area (Å²) in [6.07, 6.45) is 0. The van der Waals surface area contributed by atoms with Gasteiger partial charge in [-0.05, 0) is 35.5 Å². The average molecular weight is 294 g/mol. The van der Waals surface area contributed by atoms with E-state index in [-0.39, 0.29) is 5.28 Å². The van der Waals surface area contributed by atoms with Gasteiger partial charge in [0.15, 0.2) is 0 Å². The maximum Gasteiger partial charge on any atom is 0.239 e. The number of nitrogens with zero attached hydrogens (tertiary/aromatic N) is 3. The molecule has 8 heteroatoms. The highest BCUT2D eigenvalue weighted by Crippen LogP contribution is 2.18. The lowest BCUT2D eigenvalue weighted by molar-refractivity contribution is 1.07. The molecule has 0 atom stereocenters. The standard InChI is InChI=1S/C9H16ClN5S2/c1-5(2)16-14-8-11-7(10)12-9(13-8)15-17-6(3)4/h5-6H,1-4H3,(H2,11,12,13,14,15). The fourth-order valence-corrected chi connectivity index (χ4v) is 1.81. The first-order valence-corrected chi connectivity index (χ1v) is 7.36. The lowest BCUT2D eigenvalue weighted by Crippen LogP contribution is -2.05. The van der Waals surface area contributed by atoms with Crippen molar-refractivity contribution < 1.29 is 0 Å². The van der Waals surface area contributed by atoms with E-state index >= 15 is 0 Å². The molecule has 17 heavy (non-hydrogen) atoms. The second-order valence-electron chi connectivity index (χ2n) is 3.79. The summed E-state index contributed by atoms with van der Waals surface area (Å²) < 4.78 is 6.07. The van der Waals surface area contributed by atoms with E-state index in [2.05, 4.69) is 52.1 Å². The molecule has 1 aromatic rings. The molecule has 5 nitrogen and oxygen atoms in total. The molecule has 0 aliphatic carbocycles. The molecule has 1 rings (SSSR count). The summed E-state index contributed by atoms with van der Waals surface area (Å²) in [5, 5.41) is 1.05. The molecule has 0 fully saturated rings. The van der Waals surface area contributed by atoms with Crippen LogP contribution in [0.25, 0.3) is 0 Å². The zero-order valence-electron chi connectivity index (χ0n) is 10.2. The first-order chi connectivity index (χ1) is 7.97. The van der Waals surface area contributed by atoms with Crippen LogP contribution in [-0.4, -0.2) is 25.5 Å². The van der Waals surface area contributed by atoms with Gasteiger partial charge in [-0.1, -0.05) is 27.7 Å². The molecule has 0 aromatic carbocycles. The Kier molecular flexibility index (Phi) is 6.15. The van der Waals surface area contributed by atoms with Crippen LogP contribution in [0.3, 0.4) is 0 Å². The number of hydrogen-bond donors (Lipinski definition) is 2.